The van der Waals surface area contributed by atoms with Crippen LogP contribution < -0.4 is 5.73 Å². The molecule has 0 aliphatic heterocycles. The monoisotopic (exact) mass is 322 g/mol. The third-order valence-corrected chi connectivity index (χ3v) is 3.40. The molecule has 0 aliphatic rings. The first kappa shape index (κ1) is 15.8. The zero-order valence-corrected chi connectivity index (χ0v) is 12.4. The van der Waals surface area contributed by atoms with Crippen LogP contribution in [-0.4, -0.2) is 10.9 Å². The Bertz CT molecular complexity index is 749. The fourth-order valence-corrected chi connectivity index (χ4v) is 2.20. The first-order valence-electron chi connectivity index (χ1n) is 6.17. The number of oxazole rings is 1. The molecule has 1 aromatic carbocycles. The lowest BCUT2D eigenvalue weighted by Crippen LogP contribution is -2.11. The summed E-state index contributed by atoms with van der Waals surface area (Å²) in [5.41, 5.74) is 5.69. The summed E-state index contributed by atoms with van der Waals surface area (Å²) in [5, 5.41) is 4.20. The quantitative estimate of drug-likeness (QED) is 0.780. The fourth-order valence-electron chi connectivity index (χ4n) is 1.54. The molecule has 0 saturated heterocycles. The van der Waals surface area contributed by atoms with Crippen molar-refractivity contribution in [3.05, 3.63) is 64.2 Å². The predicted molar refractivity (Wildman–Crippen MR) is 79.4 cm³/mol. The first-order valence-corrected chi connectivity index (χ1v) is 7.12. The number of halogens is 2. The van der Waals surface area contributed by atoms with Crippen molar-refractivity contribution in [1.82, 2.24) is 4.98 Å². The summed E-state index contributed by atoms with van der Waals surface area (Å²) in [6.45, 7) is 2.09. The Balaban J connectivity index is 0.000000246. The van der Waals surface area contributed by atoms with E-state index in [1.54, 1.807) is 11.3 Å². The number of nitrogens with zero attached hydrogens (tertiary/aromatic N) is 1. The Morgan fingerprint density at radius 3 is 2.36 bits per heavy atom. The molecular weight excluding hydrogens is 310 g/mol. The number of aromatic nitrogens is 1. The highest BCUT2D eigenvalue weighted by Crippen LogP contribution is 2.24. The minimum Gasteiger partial charge on any atom is -0.443 e. The second kappa shape index (κ2) is 6.95. The van der Waals surface area contributed by atoms with E-state index in [4.69, 9.17) is 10.2 Å². The number of rotatable bonds is 2. The number of amides is 1. The van der Waals surface area contributed by atoms with E-state index >= 15 is 0 Å². The minimum atomic E-state index is -0.827. The molecule has 0 atom stereocenters. The van der Waals surface area contributed by atoms with Crippen molar-refractivity contribution in [1.29, 1.82) is 0 Å². The summed E-state index contributed by atoms with van der Waals surface area (Å²) in [6, 6.07) is 5.44. The minimum absolute atomic E-state index is 0.183. The van der Waals surface area contributed by atoms with Crippen LogP contribution in [0.4, 0.5) is 8.78 Å². The molecular formula is C15H12F2N2O2S. The van der Waals surface area contributed by atoms with Gasteiger partial charge >= 0.3 is 0 Å². The number of hydrogen-bond donors (Lipinski definition) is 1. The Kier molecular flexibility index (Phi) is 5.00. The van der Waals surface area contributed by atoms with Crippen LogP contribution in [0.25, 0.3) is 11.5 Å². The van der Waals surface area contributed by atoms with E-state index in [2.05, 4.69) is 28.7 Å². The van der Waals surface area contributed by atoms with Gasteiger partial charge in [0.15, 0.2) is 5.69 Å². The molecule has 0 fully saturated rings. The normalized spacial score (nSPS) is 9.95. The van der Waals surface area contributed by atoms with Gasteiger partial charge in [-0.05, 0) is 41.4 Å². The van der Waals surface area contributed by atoms with Gasteiger partial charge in [-0.2, -0.15) is 11.3 Å². The molecule has 2 N–H and O–H groups in total. The maximum absolute atomic E-state index is 13.3. The maximum atomic E-state index is 13.3. The zero-order valence-electron chi connectivity index (χ0n) is 11.5. The van der Waals surface area contributed by atoms with Gasteiger partial charge in [0.05, 0.1) is 0 Å². The van der Waals surface area contributed by atoms with E-state index in [0.29, 0.717) is 0 Å². The summed E-state index contributed by atoms with van der Waals surface area (Å²) in [6.07, 6.45) is 0.948. The van der Waals surface area contributed by atoms with E-state index in [0.717, 1.165) is 18.4 Å². The molecule has 2 heterocycles. The number of benzene rings is 1. The second-order valence-corrected chi connectivity index (χ2v) is 5.08. The molecule has 3 aromatic rings. The summed E-state index contributed by atoms with van der Waals surface area (Å²) in [5.74, 6) is -2.79. The molecule has 7 heteroatoms. The largest absolute Gasteiger partial charge is 0.443 e. The van der Waals surface area contributed by atoms with E-state index in [-0.39, 0.29) is 11.6 Å². The number of hydrogen-bond acceptors (Lipinski definition) is 4. The molecule has 0 saturated carbocycles. The molecule has 3 rings (SSSR count). The van der Waals surface area contributed by atoms with Gasteiger partial charge in [-0.1, -0.05) is 6.07 Å². The van der Waals surface area contributed by atoms with Gasteiger partial charge in [-0.25, -0.2) is 13.8 Å². The summed E-state index contributed by atoms with van der Waals surface area (Å²) in [7, 11) is 0. The molecule has 0 aliphatic carbocycles. The number of thiophene rings is 1. The van der Waals surface area contributed by atoms with Crippen molar-refractivity contribution in [3.63, 3.8) is 0 Å². The summed E-state index contributed by atoms with van der Waals surface area (Å²) < 4.78 is 31.4. The molecule has 2 aromatic heterocycles. The highest BCUT2D eigenvalue weighted by molar-refractivity contribution is 7.07. The third kappa shape index (κ3) is 3.76. The lowest BCUT2D eigenvalue weighted by Gasteiger charge is -1.98. The van der Waals surface area contributed by atoms with Crippen molar-refractivity contribution in [2.45, 2.75) is 6.92 Å². The van der Waals surface area contributed by atoms with Crippen LogP contribution in [0.3, 0.4) is 0 Å². The highest BCUT2D eigenvalue weighted by Gasteiger charge is 2.17. The average molecular weight is 322 g/mol. The Labute approximate surface area is 129 Å². The number of carbonyl (C=O) groups is 1. The number of primary amides is 1. The van der Waals surface area contributed by atoms with Crippen LogP contribution in [-0.2, 0) is 0 Å². The Morgan fingerprint density at radius 2 is 1.95 bits per heavy atom. The van der Waals surface area contributed by atoms with Crippen molar-refractivity contribution < 1.29 is 18.0 Å². The predicted octanol–water partition coefficient (Wildman–Crippen LogP) is 3.78. The average Bonchev–Trinajstić information content (AvgIpc) is 3.11. The van der Waals surface area contributed by atoms with E-state index in [9.17, 15) is 13.6 Å². The first-order chi connectivity index (χ1) is 10.5. The molecule has 0 radical (unpaired) electrons. The van der Waals surface area contributed by atoms with Crippen molar-refractivity contribution in [2.75, 3.05) is 0 Å². The molecule has 0 unspecified atom stereocenters. The van der Waals surface area contributed by atoms with Gasteiger partial charge in [-0.15, -0.1) is 0 Å². The molecule has 1 amide bonds. The van der Waals surface area contributed by atoms with Crippen molar-refractivity contribution in [2.24, 2.45) is 5.73 Å². The van der Waals surface area contributed by atoms with Crippen LogP contribution in [0.5, 0.6) is 0 Å². The van der Waals surface area contributed by atoms with Crippen LogP contribution in [0, 0.1) is 18.6 Å². The van der Waals surface area contributed by atoms with Gasteiger partial charge in [0.25, 0.3) is 5.91 Å². The standard InChI is InChI=1S/C10H6F2N2O2.C5H6S/c11-5-2-1-3-6(12)8(5)10-14-7(4-16-10)9(13)15;1-5-2-3-6-4-5/h1-4H,(H2,13,15);2-4H,1H3. The zero-order chi connectivity index (χ0) is 16.1. The smallest absolute Gasteiger partial charge is 0.270 e. The maximum Gasteiger partial charge on any atom is 0.270 e. The molecule has 0 spiro atoms. The van der Waals surface area contributed by atoms with Gasteiger partial charge in [0, 0.05) is 0 Å². The lowest BCUT2D eigenvalue weighted by molar-refractivity contribution is 0.0995. The number of aryl methyl sites for hydroxylation is 1. The summed E-state index contributed by atoms with van der Waals surface area (Å²) in [4.78, 5) is 14.3. The van der Waals surface area contributed by atoms with Crippen molar-refractivity contribution >= 4 is 17.2 Å². The highest BCUT2D eigenvalue weighted by atomic mass is 32.1. The Hall–Kier alpha value is -2.54. The van der Waals surface area contributed by atoms with E-state index in [1.165, 1.54) is 11.6 Å². The topological polar surface area (TPSA) is 69.1 Å². The molecule has 22 heavy (non-hydrogen) atoms. The number of carbonyl (C=O) groups excluding carboxylic acids is 1. The van der Waals surface area contributed by atoms with Gasteiger partial charge in [-0.3, -0.25) is 4.79 Å². The molecule has 114 valence electrons. The molecule has 4 nitrogen and oxygen atoms in total. The van der Waals surface area contributed by atoms with E-state index in [1.807, 2.05) is 0 Å². The fraction of sp³-hybridized carbons (Fsp3) is 0.0667. The van der Waals surface area contributed by atoms with Crippen LogP contribution in [0.15, 0.2) is 45.7 Å². The van der Waals surface area contributed by atoms with Crippen LogP contribution in [0.2, 0.25) is 0 Å². The van der Waals surface area contributed by atoms with Crippen molar-refractivity contribution in [3.8, 4) is 11.5 Å². The lowest BCUT2D eigenvalue weighted by atomic mass is 10.2. The molecule has 0 bridgehead atoms. The van der Waals surface area contributed by atoms with Gasteiger partial charge in [0.2, 0.25) is 5.89 Å². The van der Waals surface area contributed by atoms with Crippen LogP contribution >= 0.6 is 11.3 Å². The number of nitrogens with two attached hydrogens (primary N) is 1. The van der Waals surface area contributed by atoms with Gasteiger partial charge in [0.1, 0.15) is 23.5 Å². The Morgan fingerprint density at radius 1 is 1.27 bits per heavy atom. The van der Waals surface area contributed by atoms with E-state index < -0.39 is 23.1 Å². The SMILES string of the molecule is Cc1ccsc1.NC(=O)c1coc(-c2c(F)cccc2F)n1. The third-order valence-electron chi connectivity index (χ3n) is 2.60. The summed E-state index contributed by atoms with van der Waals surface area (Å²) >= 11 is 1.74. The van der Waals surface area contributed by atoms with Gasteiger partial charge < -0.3 is 10.2 Å². The second-order valence-electron chi connectivity index (χ2n) is 4.30. The van der Waals surface area contributed by atoms with Crippen LogP contribution in [0.1, 0.15) is 16.1 Å².